The van der Waals surface area contributed by atoms with Crippen molar-refractivity contribution < 1.29 is 17.9 Å². The van der Waals surface area contributed by atoms with E-state index in [0.29, 0.717) is 17.0 Å². The van der Waals surface area contributed by atoms with Crippen molar-refractivity contribution in [3.63, 3.8) is 0 Å². The number of amides is 1. The second kappa shape index (κ2) is 8.36. The van der Waals surface area contributed by atoms with Crippen LogP contribution >= 0.6 is 0 Å². The fourth-order valence-corrected chi connectivity index (χ4v) is 3.97. The predicted molar refractivity (Wildman–Crippen MR) is 114 cm³/mol. The van der Waals surface area contributed by atoms with Gasteiger partial charge in [-0.25, -0.2) is 8.42 Å². The van der Waals surface area contributed by atoms with Crippen LogP contribution in [-0.4, -0.2) is 21.4 Å². The average molecular weight is 410 g/mol. The fraction of sp³-hybridized carbons (Fsp3) is 0.136. The molecule has 0 spiro atoms. The zero-order valence-corrected chi connectivity index (χ0v) is 17.2. The van der Waals surface area contributed by atoms with Gasteiger partial charge in [-0.05, 0) is 85.6 Å². The highest BCUT2D eigenvalue weighted by atomic mass is 32.2. The number of aryl methyl sites for hydroxylation is 2. The Morgan fingerprint density at radius 3 is 1.97 bits per heavy atom. The summed E-state index contributed by atoms with van der Waals surface area (Å²) in [5.41, 5.74) is 3.63. The number of carbonyl (C=O) groups excluding carboxylic acids is 1. The van der Waals surface area contributed by atoms with Gasteiger partial charge in [0.1, 0.15) is 5.75 Å². The van der Waals surface area contributed by atoms with Crippen LogP contribution in [0.3, 0.4) is 0 Å². The molecule has 0 bridgehead atoms. The van der Waals surface area contributed by atoms with Crippen molar-refractivity contribution in [2.45, 2.75) is 18.7 Å². The lowest BCUT2D eigenvalue weighted by Gasteiger charge is -2.10. The number of hydrogen-bond acceptors (Lipinski definition) is 4. The zero-order chi connectivity index (χ0) is 21.0. The van der Waals surface area contributed by atoms with Gasteiger partial charge in [-0.1, -0.05) is 6.07 Å². The van der Waals surface area contributed by atoms with Crippen molar-refractivity contribution in [3.05, 3.63) is 83.4 Å². The molecule has 2 N–H and O–H groups in total. The number of ether oxygens (including phenoxy) is 1. The molecule has 0 fully saturated rings. The highest BCUT2D eigenvalue weighted by molar-refractivity contribution is 7.92. The summed E-state index contributed by atoms with van der Waals surface area (Å²) in [5, 5.41) is 2.85. The van der Waals surface area contributed by atoms with Crippen LogP contribution in [0, 0.1) is 13.8 Å². The van der Waals surface area contributed by atoms with Crippen LogP contribution in [-0.2, 0) is 10.0 Å². The summed E-state index contributed by atoms with van der Waals surface area (Å²) in [7, 11) is -2.22. The molecule has 29 heavy (non-hydrogen) atoms. The van der Waals surface area contributed by atoms with Crippen molar-refractivity contribution in [1.82, 2.24) is 0 Å². The van der Waals surface area contributed by atoms with E-state index >= 15 is 0 Å². The maximum absolute atomic E-state index is 12.5. The van der Waals surface area contributed by atoms with Gasteiger partial charge < -0.3 is 10.1 Å². The van der Waals surface area contributed by atoms with Crippen LogP contribution in [0.2, 0.25) is 0 Å². The highest BCUT2D eigenvalue weighted by Gasteiger charge is 2.15. The van der Waals surface area contributed by atoms with Crippen molar-refractivity contribution in [2.75, 3.05) is 17.1 Å². The van der Waals surface area contributed by atoms with Gasteiger partial charge in [0.25, 0.3) is 15.9 Å². The average Bonchev–Trinajstić information content (AvgIpc) is 2.67. The zero-order valence-electron chi connectivity index (χ0n) is 16.4. The third-order valence-corrected chi connectivity index (χ3v) is 5.65. The van der Waals surface area contributed by atoms with Gasteiger partial charge in [-0.2, -0.15) is 0 Å². The van der Waals surface area contributed by atoms with Crippen molar-refractivity contribution >= 4 is 27.3 Å². The number of benzene rings is 3. The maximum atomic E-state index is 12.5. The van der Waals surface area contributed by atoms with E-state index in [1.807, 2.05) is 32.0 Å². The molecular formula is C22H22N2O4S. The minimum Gasteiger partial charge on any atom is -0.497 e. The Balaban J connectivity index is 1.71. The molecule has 3 aromatic carbocycles. The number of carbonyl (C=O) groups is 1. The van der Waals surface area contributed by atoms with Gasteiger partial charge >= 0.3 is 0 Å². The number of rotatable bonds is 6. The van der Waals surface area contributed by atoms with Crippen molar-refractivity contribution in [1.29, 1.82) is 0 Å². The van der Waals surface area contributed by atoms with Crippen LogP contribution in [0.1, 0.15) is 21.5 Å². The third kappa shape index (κ3) is 5.14. The van der Waals surface area contributed by atoms with Crippen LogP contribution in [0.4, 0.5) is 11.4 Å². The minimum atomic E-state index is -3.74. The van der Waals surface area contributed by atoms with Crippen LogP contribution in [0.5, 0.6) is 5.75 Å². The molecular weight excluding hydrogens is 388 g/mol. The molecule has 0 aliphatic carbocycles. The fourth-order valence-electron chi connectivity index (χ4n) is 2.91. The molecule has 0 saturated carbocycles. The molecule has 0 aromatic heterocycles. The molecule has 0 radical (unpaired) electrons. The Morgan fingerprint density at radius 1 is 0.828 bits per heavy atom. The molecule has 3 aromatic rings. The number of sulfonamides is 1. The molecule has 0 saturated heterocycles. The smallest absolute Gasteiger partial charge is 0.261 e. The molecule has 0 aliphatic rings. The van der Waals surface area contributed by atoms with E-state index in [9.17, 15) is 13.2 Å². The van der Waals surface area contributed by atoms with Gasteiger partial charge in [0.2, 0.25) is 0 Å². The standard InChI is InChI=1S/C22H22N2O4S/c1-15-12-16(2)14-19(13-15)23-22(25)17-4-6-18(7-5-17)24-29(26,27)21-10-8-20(28-3)9-11-21/h4-14,24H,1-3H3,(H,23,25). The number of anilines is 2. The summed E-state index contributed by atoms with van der Waals surface area (Å²) in [6.45, 7) is 3.93. The molecule has 1 amide bonds. The first-order valence-corrected chi connectivity index (χ1v) is 10.4. The van der Waals surface area contributed by atoms with E-state index in [4.69, 9.17) is 4.74 Å². The molecule has 0 aliphatic heterocycles. The summed E-state index contributed by atoms with van der Waals surface area (Å²) in [6.07, 6.45) is 0. The van der Waals surface area contributed by atoms with Crippen molar-refractivity contribution in [2.24, 2.45) is 0 Å². The Bertz CT molecular complexity index is 1100. The number of methoxy groups -OCH3 is 1. The summed E-state index contributed by atoms with van der Waals surface area (Å²) >= 11 is 0. The summed E-state index contributed by atoms with van der Waals surface area (Å²) < 4.78 is 32.5. The highest BCUT2D eigenvalue weighted by Crippen LogP contribution is 2.20. The lowest BCUT2D eigenvalue weighted by atomic mass is 10.1. The molecule has 3 rings (SSSR count). The minimum absolute atomic E-state index is 0.120. The molecule has 150 valence electrons. The number of nitrogens with one attached hydrogen (secondary N) is 2. The lowest BCUT2D eigenvalue weighted by molar-refractivity contribution is 0.102. The Morgan fingerprint density at radius 2 is 1.41 bits per heavy atom. The van der Waals surface area contributed by atoms with Crippen LogP contribution in [0.25, 0.3) is 0 Å². The van der Waals surface area contributed by atoms with E-state index in [2.05, 4.69) is 10.0 Å². The first kappa shape index (κ1) is 20.4. The normalized spacial score (nSPS) is 11.0. The van der Waals surface area contributed by atoms with E-state index in [1.54, 1.807) is 36.4 Å². The van der Waals surface area contributed by atoms with Crippen LogP contribution in [0.15, 0.2) is 71.6 Å². The van der Waals surface area contributed by atoms with E-state index in [0.717, 1.165) is 16.8 Å². The topological polar surface area (TPSA) is 84.5 Å². The second-order valence-electron chi connectivity index (χ2n) is 6.69. The molecule has 0 unspecified atom stereocenters. The quantitative estimate of drug-likeness (QED) is 0.632. The van der Waals surface area contributed by atoms with E-state index in [-0.39, 0.29) is 10.8 Å². The van der Waals surface area contributed by atoms with Gasteiger partial charge in [0, 0.05) is 16.9 Å². The van der Waals surface area contributed by atoms with E-state index < -0.39 is 10.0 Å². The van der Waals surface area contributed by atoms with Gasteiger partial charge in [0.15, 0.2) is 0 Å². The van der Waals surface area contributed by atoms with Crippen molar-refractivity contribution in [3.8, 4) is 5.75 Å². The Labute approximate surface area is 170 Å². The first-order chi connectivity index (χ1) is 13.8. The second-order valence-corrected chi connectivity index (χ2v) is 8.37. The maximum Gasteiger partial charge on any atom is 0.261 e. The number of hydrogen-bond donors (Lipinski definition) is 2. The summed E-state index contributed by atoms with van der Waals surface area (Å²) in [4.78, 5) is 12.6. The summed E-state index contributed by atoms with van der Waals surface area (Å²) in [6, 6.07) is 18.1. The van der Waals surface area contributed by atoms with Crippen LogP contribution < -0.4 is 14.8 Å². The van der Waals surface area contributed by atoms with Gasteiger partial charge in [-0.3, -0.25) is 9.52 Å². The predicted octanol–water partition coefficient (Wildman–Crippen LogP) is 4.37. The Kier molecular flexibility index (Phi) is 5.89. The molecule has 6 nitrogen and oxygen atoms in total. The summed E-state index contributed by atoms with van der Waals surface area (Å²) in [5.74, 6) is 0.308. The molecule has 0 atom stereocenters. The lowest BCUT2D eigenvalue weighted by Crippen LogP contribution is -2.14. The molecule has 0 heterocycles. The third-order valence-electron chi connectivity index (χ3n) is 4.25. The van der Waals surface area contributed by atoms with Gasteiger partial charge in [-0.15, -0.1) is 0 Å². The molecule has 7 heteroatoms. The van der Waals surface area contributed by atoms with E-state index in [1.165, 1.54) is 19.2 Å². The largest absolute Gasteiger partial charge is 0.497 e. The Hall–Kier alpha value is -3.32. The first-order valence-electron chi connectivity index (χ1n) is 8.93. The monoisotopic (exact) mass is 410 g/mol. The van der Waals surface area contributed by atoms with Gasteiger partial charge in [0.05, 0.1) is 12.0 Å². The SMILES string of the molecule is COc1ccc(S(=O)(=O)Nc2ccc(C(=O)Nc3cc(C)cc(C)c3)cc2)cc1.